The third-order valence-electron chi connectivity index (χ3n) is 6.78. The molecule has 1 aromatic carbocycles. The van der Waals surface area contributed by atoms with Crippen LogP contribution >= 0.6 is 0 Å². The minimum Gasteiger partial charge on any atom is -0.384 e. The molecule has 0 bridgehead atoms. The van der Waals surface area contributed by atoms with Crippen molar-refractivity contribution in [3.8, 4) is 5.82 Å². The Morgan fingerprint density at radius 2 is 1.87 bits per heavy atom. The second-order valence-electron chi connectivity index (χ2n) is 9.99. The number of nitrogens with zero attached hydrogens (tertiary/aromatic N) is 6. The topological polar surface area (TPSA) is 118 Å². The lowest BCUT2D eigenvalue weighted by molar-refractivity contribution is -0.111. The Bertz CT molecular complexity index is 1530. The summed E-state index contributed by atoms with van der Waals surface area (Å²) >= 11 is 0. The van der Waals surface area contributed by atoms with Gasteiger partial charge in [0, 0.05) is 36.6 Å². The summed E-state index contributed by atoms with van der Waals surface area (Å²) in [5.74, 6) is 0.942. The molecule has 3 aromatic heterocycles. The normalized spacial score (nSPS) is 14.6. The quantitative estimate of drug-likeness (QED) is 0.271. The minimum absolute atomic E-state index is 0.158. The fourth-order valence-electron chi connectivity index (χ4n) is 4.67. The average Bonchev–Trinajstić information content (AvgIpc) is 3.19. The van der Waals surface area contributed by atoms with Gasteiger partial charge in [-0.1, -0.05) is 12.1 Å². The molecule has 0 atom stereocenters. The van der Waals surface area contributed by atoms with Gasteiger partial charge in [-0.15, -0.1) is 6.58 Å². The Hall–Kier alpha value is -4.31. The molecule has 1 aliphatic heterocycles. The maximum absolute atomic E-state index is 13.2. The second kappa shape index (κ2) is 10.2. The molecule has 0 unspecified atom stereocenters. The van der Waals surface area contributed by atoms with Gasteiger partial charge < -0.3 is 20.1 Å². The molecule has 4 heterocycles. The molecule has 10 nitrogen and oxygen atoms in total. The van der Waals surface area contributed by atoms with Crippen LogP contribution in [-0.4, -0.2) is 48.8 Å². The summed E-state index contributed by atoms with van der Waals surface area (Å²) in [6.45, 7) is 9.06. The summed E-state index contributed by atoms with van der Waals surface area (Å²) in [4.78, 5) is 40.2. The van der Waals surface area contributed by atoms with Crippen LogP contribution in [0.4, 0.5) is 17.3 Å². The van der Waals surface area contributed by atoms with Crippen molar-refractivity contribution in [1.82, 2.24) is 24.3 Å². The Kier molecular flexibility index (Phi) is 6.81. The van der Waals surface area contributed by atoms with Crippen LogP contribution in [0.1, 0.15) is 32.4 Å². The molecule has 38 heavy (non-hydrogen) atoms. The molecule has 0 spiro atoms. The van der Waals surface area contributed by atoms with E-state index in [-0.39, 0.29) is 18.0 Å². The molecule has 1 aliphatic rings. The SMILES string of the molecule is C=CCn1c(=O)c2cnc(Nc3ccc(N4CCC(C=O)CC4)cc3)nc2n1-c1cccc(C(C)(C)O)n1. The zero-order chi connectivity index (χ0) is 26.9. The molecule has 0 amide bonds. The molecule has 0 saturated carbocycles. The highest BCUT2D eigenvalue weighted by Gasteiger charge is 2.22. The first-order chi connectivity index (χ1) is 18.3. The van der Waals surface area contributed by atoms with Crippen molar-refractivity contribution in [3.63, 3.8) is 0 Å². The number of piperidine rings is 1. The first-order valence-corrected chi connectivity index (χ1v) is 12.7. The molecule has 0 radical (unpaired) electrons. The van der Waals surface area contributed by atoms with Crippen molar-refractivity contribution in [3.05, 3.63) is 77.4 Å². The number of allylic oxidation sites excluding steroid dienone is 1. The Labute approximate surface area is 220 Å². The van der Waals surface area contributed by atoms with Crippen LogP contribution in [-0.2, 0) is 16.9 Å². The Morgan fingerprint density at radius 1 is 1.13 bits per heavy atom. The van der Waals surface area contributed by atoms with Crippen LogP contribution in [0.15, 0.2) is 66.1 Å². The number of anilines is 3. The lowest BCUT2D eigenvalue weighted by Gasteiger charge is -2.31. The summed E-state index contributed by atoms with van der Waals surface area (Å²) in [6, 6.07) is 13.3. The number of rotatable bonds is 8. The van der Waals surface area contributed by atoms with Crippen molar-refractivity contribution in [2.24, 2.45) is 5.92 Å². The van der Waals surface area contributed by atoms with E-state index in [4.69, 9.17) is 0 Å². The molecule has 196 valence electrons. The molecule has 1 saturated heterocycles. The van der Waals surface area contributed by atoms with E-state index in [1.807, 2.05) is 24.3 Å². The number of aromatic nitrogens is 5. The summed E-state index contributed by atoms with van der Waals surface area (Å²) in [5, 5.41) is 14.1. The van der Waals surface area contributed by atoms with Crippen molar-refractivity contribution in [2.45, 2.75) is 38.8 Å². The maximum atomic E-state index is 13.2. The van der Waals surface area contributed by atoms with E-state index in [2.05, 4.69) is 31.7 Å². The molecule has 10 heteroatoms. The molecular formula is C28H31N7O3. The predicted molar refractivity (Wildman–Crippen MR) is 147 cm³/mol. The minimum atomic E-state index is -1.15. The van der Waals surface area contributed by atoms with Crippen LogP contribution in [0.25, 0.3) is 16.9 Å². The number of hydrogen-bond donors (Lipinski definition) is 2. The summed E-state index contributed by atoms with van der Waals surface area (Å²) < 4.78 is 3.13. The van der Waals surface area contributed by atoms with E-state index in [9.17, 15) is 14.7 Å². The predicted octanol–water partition coefficient (Wildman–Crippen LogP) is 3.55. The lowest BCUT2D eigenvalue weighted by atomic mass is 9.98. The average molecular weight is 514 g/mol. The third kappa shape index (κ3) is 4.95. The first kappa shape index (κ1) is 25.3. The van der Waals surface area contributed by atoms with E-state index < -0.39 is 5.60 Å². The number of benzene rings is 1. The van der Waals surface area contributed by atoms with Crippen molar-refractivity contribution >= 4 is 34.6 Å². The lowest BCUT2D eigenvalue weighted by Crippen LogP contribution is -2.33. The molecule has 1 fully saturated rings. The van der Waals surface area contributed by atoms with E-state index in [0.29, 0.717) is 28.5 Å². The van der Waals surface area contributed by atoms with Gasteiger partial charge in [0.1, 0.15) is 17.3 Å². The summed E-state index contributed by atoms with van der Waals surface area (Å²) in [7, 11) is 0. The smallest absolute Gasteiger partial charge is 0.278 e. The first-order valence-electron chi connectivity index (χ1n) is 12.7. The van der Waals surface area contributed by atoms with Crippen LogP contribution in [0, 0.1) is 5.92 Å². The van der Waals surface area contributed by atoms with E-state index in [1.54, 1.807) is 42.8 Å². The van der Waals surface area contributed by atoms with Gasteiger partial charge in [-0.3, -0.25) is 4.79 Å². The van der Waals surface area contributed by atoms with E-state index >= 15 is 0 Å². The highest BCUT2D eigenvalue weighted by atomic mass is 16.3. The highest BCUT2D eigenvalue weighted by Crippen LogP contribution is 2.25. The van der Waals surface area contributed by atoms with Gasteiger partial charge in [-0.2, -0.15) is 4.98 Å². The largest absolute Gasteiger partial charge is 0.384 e. The van der Waals surface area contributed by atoms with Gasteiger partial charge >= 0.3 is 0 Å². The fourth-order valence-corrected chi connectivity index (χ4v) is 4.67. The number of aliphatic hydroxyl groups is 1. The fraction of sp³-hybridized carbons (Fsp3) is 0.321. The number of carbonyl (C=O) groups excluding carboxylic acids is 1. The van der Waals surface area contributed by atoms with Crippen LogP contribution in [0.5, 0.6) is 0 Å². The Balaban J connectivity index is 1.47. The summed E-state index contributed by atoms with van der Waals surface area (Å²) in [5.41, 5.74) is 1.36. The molecule has 2 N–H and O–H groups in total. The van der Waals surface area contributed by atoms with Gasteiger partial charge in [0.15, 0.2) is 11.5 Å². The van der Waals surface area contributed by atoms with E-state index in [1.165, 1.54) is 10.9 Å². The van der Waals surface area contributed by atoms with Crippen LogP contribution in [0.3, 0.4) is 0 Å². The van der Waals surface area contributed by atoms with Gasteiger partial charge in [0.05, 0.1) is 12.2 Å². The van der Waals surface area contributed by atoms with Gasteiger partial charge in [0.2, 0.25) is 5.95 Å². The number of hydrogen-bond acceptors (Lipinski definition) is 8. The number of aldehydes is 1. The van der Waals surface area contributed by atoms with Gasteiger partial charge in [-0.05, 0) is 63.1 Å². The number of fused-ring (bicyclic) bond motifs is 1. The molecular weight excluding hydrogens is 482 g/mol. The molecule has 0 aliphatic carbocycles. The third-order valence-corrected chi connectivity index (χ3v) is 6.78. The number of nitrogens with one attached hydrogen (secondary N) is 1. The van der Waals surface area contributed by atoms with Crippen molar-refractivity contribution < 1.29 is 9.90 Å². The van der Waals surface area contributed by atoms with Gasteiger partial charge in [-0.25, -0.2) is 19.3 Å². The zero-order valence-electron chi connectivity index (χ0n) is 21.5. The zero-order valence-corrected chi connectivity index (χ0v) is 21.5. The Morgan fingerprint density at radius 3 is 2.53 bits per heavy atom. The van der Waals surface area contributed by atoms with E-state index in [0.717, 1.165) is 43.6 Å². The number of pyridine rings is 1. The van der Waals surface area contributed by atoms with Crippen molar-refractivity contribution in [1.29, 1.82) is 0 Å². The monoisotopic (exact) mass is 513 g/mol. The molecule has 4 aromatic rings. The summed E-state index contributed by atoms with van der Waals surface area (Å²) in [6.07, 6.45) is 5.95. The maximum Gasteiger partial charge on any atom is 0.278 e. The van der Waals surface area contributed by atoms with Crippen LogP contribution in [0.2, 0.25) is 0 Å². The van der Waals surface area contributed by atoms with Gasteiger partial charge in [0.25, 0.3) is 5.56 Å². The standard InChI is InChI=1S/C28H31N7O3/c1-4-14-34-26(37)22-17-29-27(32-25(22)35(34)24-7-5-6-23(31-24)28(2,3)38)30-20-8-10-21(11-9-20)33-15-12-19(18-36)13-16-33/h4-11,17-19,38H,1,12-16H2,2-3H3,(H,29,30,32). The van der Waals surface area contributed by atoms with Crippen molar-refractivity contribution in [2.75, 3.05) is 23.3 Å². The number of carbonyl (C=O) groups is 1. The van der Waals surface area contributed by atoms with Crippen LogP contribution < -0.4 is 15.8 Å². The highest BCUT2D eigenvalue weighted by molar-refractivity contribution is 5.77. The second-order valence-corrected chi connectivity index (χ2v) is 9.99. The molecule has 5 rings (SSSR count).